The molecule has 1 fully saturated rings. The molecule has 0 bridgehead atoms. The van der Waals surface area contributed by atoms with Crippen LogP contribution < -0.4 is 5.56 Å². The fourth-order valence-electron chi connectivity index (χ4n) is 3.38. The van der Waals surface area contributed by atoms with Crippen molar-refractivity contribution in [1.29, 1.82) is 0 Å². The van der Waals surface area contributed by atoms with Gasteiger partial charge >= 0.3 is 0 Å². The molecular formula is C22H22N4O4. The highest BCUT2D eigenvalue weighted by Crippen LogP contribution is 2.16. The third-order valence-corrected chi connectivity index (χ3v) is 5.15. The van der Waals surface area contributed by atoms with E-state index < -0.39 is 0 Å². The van der Waals surface area contributed by atoms with Gasteiger partial charge in [0.05, 0.1) is 12.0 Å². The SMILES string of the molecule is Cc1ccc(-c2ccc(=O)n(CC(=O)N3CCN(C(=O)c4ccco4)CC3)n2)cc1. The second-order valence-electron chi connectivity index (χ2n) is 7.23. The topological polar surface area (TPSA) is 88.7 Å². The number of furan rings is 1. The van der Waals surface area contributed by atoms with Crippen molar-refractivity contribution in [1.82, 2.24) is 19.6 Å². The smallest absolute Gasteiger partial charge is 0.289 e. The number of nitrogens with zero attached hydrogens (tertiary/aromatic N) is 4. The summed E-state index contributed by atoms with van der Waals surface area (Å²) >= 11 is 0. The maximum absolute atomic E-state index is 12.7. The minimum absolute atomic E-state index is 0.134. The molecule has 8 heteroatoms. The number of amides is 2. The average Bonchev–Trinajstić information content (AvgIpc) is 3.30. The van der Waals surface area contributed by atoms with Gasteiger partial charge in [0.2, 0.25) is 5.91 Å². The van der Waals surface area contributed by atoms with Gasteiger partial charge in [-0.15, -0.1) is 0 Å². The molecule has 3 heterocycles. The number of benzene rings is 1. The van der Waals surface area contributed by atoms with Crippen LogP contribution in [-0.4, -0.2) is 57.6 Å². The van der Waals surface area contributed by atoms with Gasteiger partial charge in [-0.05, 0) is 25.1 Å². The van der Waals surface area contributed by atoms with Gasteiger partial charge < -0.3 is 14.2 Å². The monoisotopic (exact) mass is 406 g/mol. The van der Waals surface area contributed by atoms with Gasteiger partial charge in [-0.1, -0.05) is 29.8 Å². The largest absolute Gasteiger partial charge is 0.459 e. The van der Waals surface area contributed by atoms with Gasteiger partial charge in [0, 0.05) is 37.8 Å². The first-order valence-electron chi connectivity index (χ1n) is 9.77. The molecule has 1 aliphatic heterocycles. The maximum Gasteiger partial charge on any atom is 0.289 e. The third kappa shape index (κ3) is 4.17. The zero-order valence-corrected chi connectivity index (χ0v) is 16.7. The molecule has 1 aromatic carbocycles. The zero-order chi connectivity index (χ0) is 21.1. The predicted molar refractivity (Wildman–Crippen MR) is 110 cm³/mol. The van der Waals surface area contributed by atoms with Crippen LogP contribution in [0.5, 0.6) is 0 Å². The highest BCUT2D eigenvalue weighted by atomic mass is 16.3. The fourth-order valence-corrected chi connectivity index (χ4v) is 3.38. The Morgan fingerprint density at radius 1 is 0.967 bits per heavy atom. The van der Waals surface area contributed by atoms with Gasteiger partial charge in [0.1, 0.15) is 6.54 Å². The van der Waals surface area contributed by atoms with E-state index in [1.807, 2.05) is 31.2 Å². The highest BCUT2D eigenvalue weighted by molar-refractivity contribution is 5.91. The Morgan fingerprint density at radius 3 is 2.33 bits per heavy atom. The Kier molecular flexibility index (Phi) is 5.47. The average molecular weight is 406 g/mol. The minimum atomic E-state index is -0.328. The zero-order valence-electron chi connectivity index (χ0n) is 16.7. The van der Waals surface area contributed by atoms with Crippen molar-refractivity contribution in [3.63, 3.8) is 0 Å². The number of piperazine rings is 1. The van der Waals surface area contributed by atoms with Crippen LogP contribution in [0.4, 0.5) is 0 Å². The first kappa shape index (κ1) is 19.6. The molecule has 4 rings (SSSR count). The summed E-state index contributed by atoms with van der Waals surface area (Å²) in [6.07, 6.45) is 1.46. The summed E-state index contributed by atoms with van der Waals surface area (Å²) in [6, 6.07) is 14.2. The number of aromatic nitrogens is 2. The summed E-state index contributed by atoms with van der Waals surface area (Å²) in [5, 5.41) is 4.36. The fraction of sp³-hybridized carbons (Fsp3) is 0.273. The van der Waals surface area contributed by atoms with E-state index in [9.17, 15) is 14.4 Å². The van der Waals surface area contributed by atoms with E-state index in [1.54, 1.807) is 28.0 Å². The van der Waals surface area contributed by atoms with Crippen molar-refractivity contribution < 1.29 is 14.0 Å². The molecule has 8 nitrogen and oxygen atoms in total. The van der Waals surface area contributed by atoms with Crippen LogP contribution in [-0.2, 0) is 11.3 Å². The van der Waals surface area contributed by atoms with Crippen molar-refractivity contribution in [3.05, 3.63) is 76.5 Å². The lowest BCUT2D eigenvalue weighted by Gasteiger charge is -2.34. The lowest BCUT2D eigenvalue weighted by molar-refractivity contribution is -0.133. The summed E-state index contributed by atoms with van der Waals surface area (Å²) in [5.74, 6) is -0.0926. The van der Waals surface area contributed by atoms with Crippen molar-refractivity contribution in [2.45, 2.75) is 13.5 Å². The number of carbonyl (C=O) groups is 2. The van der Waals surface area contributed by atoms with Crippen molar-refractivity contribution in [3.8, 4) is 11.3 Å². The Balaban J connectivity index is 1.41. The van der Waals surface area contributed by atoms with E-state index in [4.69, 9.17) is 4.42 Å². The molecule has 2 aromatic heterocycles. The molecular weight excluding hydrogens is 384 g/mol. The van der Waals surface area contributed by atoms with Crippen LogP contribution in [0.1, 0.15) is 16.1 Å². The Labute approximate surface area is 173 Å². The molecule has 3 aromatic rings. The number of hydrogen-bond donors (Lipinski definition) is 0. The van der Waals surface area contributed by atoms with Crippen LogP contribution in [0.2, 0.25) is 0 Å². The van der Waals surface area contributed by atoms with Gasteiger partial charge in [0.15, 0.2) is 5.76 Å². The van der Waals surface area contributed by atoms with Gasteiger partial charge in [-0.25, -0.2) is 4.68 Å². The quantitative estimate of drug-likeness (QED) is 0.659. The number of carbonyl (C=O) groups excluding carboxylic acids is 2. The van der Waals surface area contributed by atoms with Crippen LogP contribution in [0.25, 0.3) is 11.3 Å². The first-order chi connectivity index (χ1) is 14.5. The number of rotatable bonds is 4. The van der Waals surface area contributed by atoms with E-state index in [-0.39, 0.29) is 23.9 Å². The molecule has 0 saturated carbocycles. The van der Waals surface area contributed by atoms with Crippen molar-refractivity contribution >= 4 is 11.8 Å². The van der Waals surface area contributed by atoms with Crippen LogP contribution in [0.3, 0.4) is 0 Å². The second-order valence-corrected chi connectivity index (χ2v) is 7.23. The van der Waals surface area contributed by atoms with Crippen LogP contribution in [0, 0.1) is 6.92 Å². The summed E-state index contributed by atoms with van der Waals surface area (Å²) in [7, 11) is 0. The summed E-state index contributed by atoms with van der Waals surface area (Å²) < 4.78 is 6.34. The van der Waals surface area contributed by atoms with Crippen LogP contribution >= 0.6 is 0 Å². The highest BCUT2D eigenvalue weighted by Gasteiger charge is 2.26. The third-order valence-electron chi connectivity index (χ3n) is 5.15. The van der Waals surface area contributed by atoms with E-state index in [1.165, 1.54) is 17.0 Å². The minimum Gasteiger partial charge on any atom is -0.459 e. The maximum atomic E-state index is 12.7. The second kappa shape index (κ2) is 8.36. The Hall–Kier alpha value is -3.68. The summed E-state index contributed by atoms with van der Waals surface area (Å²) in [4.78, 5) is 40.6. The predicted octanol–water partition coefficient (Wildman–Crippen LogP) is 1.80. The molecule has 0 radical (unpaired) electrons. The van der Waals surface area contributed by atoms with Crippen molar-refractivity contribution in [2.24, 2.45) is 0 Å². The summed E-state index contributed by atoms with van der Waals surface area (Å²) in [6.45, 7) is 3.49. The van der Waals surface area contributed by atoms with Crippen molar-refractivity contribution in [2.75, 3.05) is 26.2 Å². The van der Waals surface area contributed by atoms with E-state index >= 15 is 0 Å². The lowest BCUT2D eigenvalue weighted by atomic mass is 10.1. The van der Waals surface area contributed by atoms with E-state index in [0.29, 0.717) is 37.6 Å². The normalized spacial score (nSPS) is 14.0. The van der Waals surface area contributed by atoms with Gasteiger partial charge in [-0.2, -0.15) is 5.10 Å². The van der Waals surface area contributed by atoms with E-state index in [0.717, 1.165) is 11.1 Å². The Bertz CT molecular complexity index is 1090. The van der Waals surface area contributed by atoms with Crippen LogP contribution in [0.15, 0.2) is 64.0 Å². The molecule has 1 saturated heterocycles. The molecule has 0 N–H and O–H groups in total. The number of aryl methyl sites for hydroxylation is 1. The lowest BCUT2D eigenvalue weighted by Crippen LogP contribution is -2.51. The number of hydrogen-bond acceptors (Lipinski definition) is 5. The molecule has 0 aliphatic carbocycles. The van der Waals surface area contributed by atoms with Gasteiger partial charge in [0.25, 0.3) is 11.5 Å². The molecule has 2 amide bonds. The van der Waals surface area contributed by atoms with E-state index in [2.05, 4.69) is 5.10 Å². The molecule has 0 spiro atoms. The van der Waals surface area contributed by atoms with Gasteiger partial charge in [-0.3, -0.25) is 14.4 Å². The molecule has 0 atom stereocenters. The molecule has 30 heavy (non-hydrogen) atoms. The molecule has 0 unspecified atom stereocenters. The standard InChI is InChI=1S/C22H22N4O4/c1-16-4-6-17(7-5-16)18-8-9-20(27)26(23-18)15-21(28)24-10-12-25(13-11-24)22(29)19-3-2-14-30-19/h2-9,14H,10-13,15H2,1H3. The Morgan fingerprint density at radius 2 is 1.67 bits per heavy atom. The molecule has 154 valence electrons. The molecule has 1 aliphatic rings. The summed E-state index contributed by atoms with van der Waals surface area (Å²) in [5.41, 5.74) is 2.32. The first-order valence-corrected chi connectivity index (χ1v) is 9.77.